The molecular formula is C16H22ClNO3. The number of nitrogens with one attached hydrogen (secondary N) is 1. The molecule has 0 saturated heterocycles. The van der Waals surface area contributed by atoms with Crippen molar-refractivity contribution in [1.82, 2.24) is 0 Å². The number of alkyl halides is 1. The van der Waals surface area contributed by atoms with Crippen LogP contribution in [0.3, 0.4) is 0 Å². The van der Waals surface area contributed by atoms with E-state index in [1.165, 1.54) is 0 Å². The van der Waals surface area contributed by atoms with Crippen molar-refractivity contribution < 1.29 is 14.3 Å². The number of carbonyl (C=O) groups is 2. The summed E-state index contributed by atoms with van der Waals surface area (Å²) in [5.41, 5.74) is 1.06. The summed E-state index contributed by atoms with van der Waals surface area (Å²) in [7, 11) is 0. The van der Waals surface area contributed by atoms with Crippen molar-refractivity contribution in [3.63, 3.8) is 0 Å². The first kappa shape index (κ1) is 17.5. The molecule has 1 N–H and O–H groups in total. The molecule has 21 heavy (non-hydrogen) atoms. The SMILES string of the molecule is CCOc1cc(C(=O)CCl)ccc1NC(=O)C(CC)CC. The molecule has 0 bridgehead atoms. The second kappa shape index (κ2) is 8.67. The number of benzene rings is 1. The lowest BCUT2D eigenvalue weighted by molar-refractivity contribution is -0.120. The summed E-state index contributed by atoms with van der Waals surface area (Å²) in [6.07, 6.45) is 1.57. The van der Waals surface area contributed by atoms with E-state index in [9.17, 15) is 9.59 Å². The predicted molar refractivity (Wildman–Crippen MR) is 85.4 cm³/mol. The number of hydrogen-bond acceptors (Lipinski definition) is 3. The summed E-state index contributed by atoms with van der Waals surface area (Å²) < 4.78 is 5.51. The zero-order valence-corrected chi connectivity index (χ0v) is 13.5. The third kappa shape index (κ3) is 4.74. The van der Waals surface area contributed by atoms with E-state index < -0.39 is 0 Å². The number of carbonyl (C=O) groups excluding carboxylic acids is 2. The molecule has 1 aromatic carbocycles. The fourth-order valence-corrected chi connectivity index (χ4v) is 2.20. The van der Waals surface area contributed by atoms with E-state index in [1.807, 2.05) is 20.8 Å². The van der Waals surface area contributed by atoms with E-state index in [0.29, 0.717) is 23.6 Å². The van der Waals surface area contributed by atoms with Crippen molar-refractivity contribution in [3.8, 4) is 5.75 Å². The van der Waals surface area contributed by atoms with Crippen LogP contribution in [0.5, 0.6) is 5.75 Å². The summed E-state index contributed by atoms with van der Waals surface area (Å²) in [6.45, 7) is 6.27. The highest BCUT2D eigenvalue weighted by atomic mass is 35.5. The first-order valence-electron chi connectivity index (χ1n) is 7.24. The van der Waals surface area contributed by atoms with E-state index in [1.54, 1.807) is 18.2 Å². The van der Waals surface area contributed by atoms with Crippen LogP contribution in [0.25, 0.3) is 0 Å². The predicted octanol–water partition coefficient (Wildman–Crippen LogP) is 3.88. The van der Waals surface area contributed by atoms with Crippen LogP contribution in [0.4, 0.5) is 5.69 Å². The van der Waals surface area contributed by atoms with Gasteiger partial charge in [0, 0.05) is 11.5 Å². The molecule has 1 aromatic rings. The number of amides is 1. The van der Waals surface area contributed by atoms with Crippen molar-refractivity contribution in [3.05, 3.63) is 23.8 Å². The molecule has 4 nitrogen and oxygen atoms in total. The van der Waals surface area contributed by atoms with Gasteiger partial charge in [-0.3, -0.25) is 9.59 Å². The van der Waals surface area contributed by atoms with Crippen LogP contribution in [0.2, 0.25) is 0 Å². The molecule has 0 aliphatic rings. The number of ketones is 1. The number of rotatable bonds is 8. The molecule has 1 amide bonds. The van der Waals surface area contributed by atoms with Crippen molar-refractivity contribution in [2.45, 2.75) is 33.6 Å². The van der Waals surface area contributed by atoms with Crippen LogP contribution in [0, 0.1) is 5.92 Å². The summed E-state index contributed by atoms with van der Waals surface area (Å²) >= 11 is 5.56. The molecule has 5 heteroatoms. The lowest BCUT2D eigenvalue weighted by Crippen LogP contribution is -2.22. The van der Waals surface area contributed by atoms with E-state index in [-0.39, 0.29) is 23.5 Å². The smallest absolute Gasteiger partial charge is 0.227 e. The second-order valence-electron chi connectivity index (χ2n) is 4.70. The molecule has 0 spiro atoms. The highest BCUT2D eigenvalue weighted by Gasteiger charge is 2.17. The van der Waals surface area contributed by atoms with E-state index in [4.69, 9.17) is 16.3 Å². The molecule has 0 aliphatic carbocycles. The van der Waals surface area contributed by atoms with Gasteiger partial charge >= 0.3 is 0 Å². The molecule has 0 aromatic heterocycles. The number of Topliss-reactive ketones (excluding diaryl/α,β-unsaturated/α-hetero) is 1. The normalized spacial score (nSPS) is 10.5. The van der Waals surface area contributed by atoms with Gasteiger partial charge in [0.15, 0.2) is 5.78 Å². The average molecular weight is 312 g/mol. The quantitative estimate of drug-likeness (QED) is 0.585. The molecule has 0 unspecified atom stereocenters. The van der Waals surface area contributed by atoms with Crippen LogP contribution >= 0.6 is 11.6 Å². The fraction of sp³-hybridized carbons (Fsp3) is 0.500. The molecule has 116 valence electrons. The number of ether oxygens (including phenoxy) is 1. The highest BCUT2D eigenvalue weighted by molar-refractivity contribution is 6.30. The first-order valence-corrected chi connectivity index (χ1v) is 7.77. The van der Waals surface area contributed by atoms with Gasteiger partial charge in [-0.25, -0.2) is 0 Å². The summed E-state index contributed by atoms with van der Waals surface area (Å²) in [5.74, 6) is 0.189. The Kier molecular flexibility index (Phi) is 7.23. The minimum absolute atomic E-state index is 0.0244. The van der Waals surface area contributed by atoms with Gasteiger partial charge in [0.1, 0.15) is 5.75 Å². The maximum absolute atomic E-state index is 12.2. The third-order valence-electron chi connectivity index (χ3n) is 3.34. The highest BCUT2D eigenvalue weighted by Crippen LogP contribution is 2.27. The molecule has 0 saturated carbocycles. The number of hydrogen-bond donors (Lipinski definition) is 1. The maximum atomic E-state index is 12.2. The molecule has 0 aliphatic heterocycles. The molecule has 0 fully saturated rings. The lowest BCUT2D eigenvalue weighted by atomic mass is 10.0. The fourth-order valence-electron chi connectivity index (χ4n) is 2.05. The Labute approximate surface area is 130 Å². The van der Waals surface area contributed by atoms with E-state index >= 15 is 0 Å². The van der Waals surface area contributed by atoms with Gasteiger partial charge in [0.25, 0.3) is 0 Å². The first-order chi connectivity index (χ1) is 10.1. The van der Waals surface area contributed by atoms with Crippen molar-refractivity contribution >= 4 is 29.0 Å². The van der Waals surface area contributed by atoms with Crippen LogP contribution < -0.4 is 10.1 Å². The molecule has 1 rings (SSSR count). The second-order valence-corrected chi connectivity index (χ2v) is 4.97. The van der Waals surface area contributed by atoms with Gasteiger partial charge in [0.05, 0.1) is 18.2 Å². The largest absolute Gasteiger partial charge is 0.492 e. The van der Waals surface area contributed by atoms with Gasteiger partial charge in [-0.1, -0.05) is 13.8 Å². The van der Waals surface area contributed by atoms with Crippen molar-refractivity contribution in [2.24, 2.45) is 5.92 Å². The third-order valence-corrected chi connectivity index (χ3v) is 3.58. The molecule has 0 radical (unpaired) electrons. The zero-order valence-electron chi connectivity index (χ0n) is 12.7. The summed E-state index contributed by atoms with van der Waals surface area (Å²) in [5, 5.41) is 2.87. The van der Waals surface area contributed by atoms with Gasteiger partial charge in [-0.05, 0) is 38.0 Å². The summed E-state index contributed by atoms with van der Waals surface area (Å²) in [6, 6.07) is 4.96. The average Bonchev–Trinajstić information content (AvgIpc) is 2.49. The van der Waals surface area contributed by atoms with Crippen LogP contribution in [-0.2, 0) is 4.79 Å². The Morgan fingerprint density at radius 3 is 2.43 bits per heavy atom. The standard InChI is InChI=1S/C16H22ClNO3/c1-4-11(5-2)16(20)18-13-8-7-12(14(19)10-17)9-15(13)21-6-3/h7-9,11H,4-6,10H2,1-3H3,(H,18,20). The minimum Gasteiger partial charge on any atom is -0.492 e. The molecular weight excluding hydrogens is 290 g/mol. The van der Waals surface area contributed by atoms with Crippen molar-refractivity contribution in [2.75, 3.05) is 17.8 Å². The number of halogens is 1. The lowest BCUT2D eigenvalue weighted by Gasteiger charge is -2.16. The summed E-state index contributed by atoms with van der Waals surface area (Å²) in [4.78, 5) is 23.8. The monoisotopic (exact) mass is 311 g/mol. The molecule has 0 heterocycles. The number of anilines is 1. The van der Waals surface area contributed by atoms with E-state index in [0.717, 1.165) is 12.8 Å². The minimum atomic E-state index is -0.171. The Bertz CT molecular complexity index is 498. The van der Waals surface area contributed by atoms with Gasteiger partial charge in [-0.15, -0.1) is 11.6 Å². The molecule has 0 atom stereocenters. The van der Waals surface area contributed by atoms with Crippen LogP contribution in [-0.4, -0.2) is 24.2 Å². The Hall–Kier alpha value is -1.55. The van der Waals surface area contributed by atoms with Crippen molar-refractivity contribution in [1.29, 1.82) is 0 Å². The maximum Gasteiger partial charge on any atom is 0.227 e. The Morgan fingerprint density at radius 2 is 1.90 bits per heavy atom. The van der Waals surface area contributed by atoms with Gasteiger partial charge in [0.2, 0.25) is 5.91 Å². The Balaban J connectivity index is 3.00. The van der Waals surface area contributed by atoms with Crippen LogP contribution in [0.1, 0.15) is 44.0 Å². The Morgan fingerprint density at radius 1 is 1.24 bits per heavy atom. The topological polar surface area (TPSA) is 55.4 Å². The van der Waals surface area contributed by atoms with Gasteiger partial charge < -0.3 is 10.1 Å². The zero-order chi connectivity index (χ0) is 15.8. The van der Waals surface area contributed by atoms with Crippen LogP contribution in [0.15, 0.2) is 18.2 Å². The van der Waals surface area contributed by atoms with Gasteiger partial charge in [-0.2, -0.15) is 0 Å². The van der Waals surface area contributed by atoms with E-state index in [2.05, 4.69) is 5.32 Å².